The molecule has 0 fully saturated rings. The second-order valence-electron chi connectivity index (χ2n) is 6.18. The largest absolute Gasteiger partial charge is 0.486 e. The molecular weight excluding hydrogens is 455 g/mol. The van der Waals surface area contributed by atoms with Crippen LogP contribution in [0, 0.1) is 5.82 Å². The Labute approximate surface area is 170 Å². The molecule has 1 aliphatic heterocycles. The van der Waals surface area contributed by atoms with E-state index in [-0.39, 0.29) is 11.4 Å². The highest BCUT2D eigenvalue weighted by Crippen LogP contribution is 2.35. The van der Waals surface area contributed by atoms with Gasteiger partial charge in [0.15, 0.2) is 11.5 Å². The Morgan fingerprint density at radius 3 is 2.50 bits per heavy atom. The molecule has 0 saturated heterocycles. The predicted molar refractivity (Wildman–Crippen MR) is 107 cm³/mol. The number of carbonyl (C=O) groups excluding carboxylic acids is 1. The van der Waals surface area contributed by atoms with E-state index in [2.05, 4.69) is 21.2 Å². The van der Waals surface area contributed by atoms with E-state index in [1.807, 2.05) is 0 Å². The van der Waals surface area contributed by atoms with Gasteiger partial charge in [-0.3, -0.25) is 9.10 Å². The van der Waals surface area contributed by atoms with Crippen LogP contribution < -0.4 is 19.1 Å². The van der Waals surface area contributed by atoms with Crippen LogP contribution in [0.5, 0.6) is 11.5 Å². The van der Waals surface area contributed by atoms with Crippen LogP contribution in [-0.4, -0.2) is 39.8 Å². The molecule has 3 rings (SSSR count). The lowest BCUT2D eigenvalue weighted by molar-refractivity contribution is -0.116. The fourth-order valence-electron chi connectivity index (χ4n) is 2.81. The van der Waals surface area contributed by atoms with Gasteiger partial charge in [-0.15, -0.1) is 0 Å². The summed E-state index contributed by atoms with van der Waals surface area (Å²) in [5.74, 6) is -0.428. The van der Waals surface area contributed by atoms with Crippen LogP contribution in [0.2, 0.25) is 0 Å². The Kier molecular flexibility index (Phi) is 5.80. The molecule has 7 nitrogen and oxygen atoms in total. The van der Waals surface area contributed by atoms with Crippen LogP contribution in [0.25, 0.3) is 0 Å². The lowest BCUT2D eigenvalue weighted by atomic mass is 10.2. The molecule has 2 aromatic carbocycles. The van der Waals surface area contributed by atoms with Crippen molar-refractivity contribution in [2.75, 3.05) is 29.1 Å². The smallest absolute Gasteiger partial charge is 0.248 e. The van der Waals surface area contributed by atoms with E-state index in [4.69, 9.17) is 9.47 Å². The maximum Gasteiger partial charge on any atom is 0.248 e. The van der Waals surface area contributed by atoms with Crippen LogP contribution in [0.3, 0.4) is 0 Å². The van der Waals surface area contributed by atoms with E-state index >= 15 is 0 Å². The van der Waals surface area contributed by atoms with Crippen LogP contribution >= 0.6 is 15.9 Å². The monoisotopic (exact) mass is 472 g/mol. The highest BCUT2D eigenvalue weighted by molar-refractivity contribution is 9.10. The van der Waals surface area contributed by atoms with Gasteiger partial charge >= 0.3 is 0 Å². The second-order valence-corrected chi connectivity index (χ2v) is 8.95. The standard InChI is InChI=1S/C18H18BrFN2O5S/c1-11(18(23)21-15-5-3-12(19)9-14(15)20)22(28(2,24)25)13-4-6-16-17(10-13)27-8-7-26-16/h3-6,9-11H,7-8H2,1-2H3,(H,21,23)/t11-/m0/s1. The molecule has 10 heteroatoms. The zero-order chi connectivity index (χ0) is 20.5. The van der Waals surface area contributed by atoms with Gasteiger partial charge in [0.05, 0.1) is 17.6 Å². The molecule has 0 radical (unpaired) electrons. The van der Waals surface area contributed by atoms with Gasteiger partial charge < -0.3 is 14.8 Å². The third kappa shape index (κ3) is 4.39. The molecule has 2 aromatic rings. The molecule has 0 bridgehead atoms. The second kappa shape index (κ2) is 7.96. The van der Waals surface area contributed by atoms with Gasteiger partial charge in [0.1, 0.15) is 25.1 Å². The topological polar surface area (TPSA) is 84.9 Å². The molecule has 1 atom stereocenters. The third-order valence-corrected chi connectivity index (χ3v) is 5.79. The summed E-state index contributed by atoms with van der Waals surface area (Å²) >= 11 is 3.14. The number of nitrogens with zero attached hydrogens (tertiary/aromatic N) is 1. The van der Waals surface area contributed by atoms with Crippen LogP contribution in [0.4, 0.5) is 15.8 Å². The minimum absolute atomic E-state index is 0.0457. The first-order chi connectivity index (χ1) is 13.2. The van der Waals surface area contributed by atoms with E-state index < -0.39 is 27.8 Å². The number of rotatable bonds is 5. The Morgan fingerprint density at radius 1 is 1.18 bits per heavy atom. The maximum atomic E-state index is 14.0. The minimum atomic E-state index is -3.82. The Balaban J connectivity index is 1.90. The van der Waals surface area contributed by atoms with Gasteiger partial charge in [-0.25, -0.2) is 12.8 Å². The number of halogens is 2. The van der Waals surface area contributed by atoms with Gasteiger partial charge in [0, 0.05) is 10.5 Å². The van der Waals surface area contributed by atoms with Crippen molar-refractivity contribution in [3.05, 3.63) is 46.7 Å². The van der Waals surface area contributed by atoms with E-state index in [9.17, 15) is 17.6 Å². The van der Waals surface area contributed by atoms with Crippen molar-refractivity contribution in [1.82, 2.24) is 0 Å². The summed E-state index contributed by atoms with van der Waals surface area (Å²) < 4.78 is 51.2. The van der Waals surface area contributed by atoms with Crippen molar-refractivity contribution in [2.24, 2.45) is 0 Å². The third-order valence-electron chi connectivity index (χ3n) is 4.06. The number of amides is 1. The average molecular weight is 473 g/mol. The van der Waals surface area contributed by atoms with E-state index in [0.717, 1.165) is 10.6 Å². The fraction of sp³-hybridized carbons (Fsp3) is 0.278. The summed E-state index contributed by atoms with van der Waals surface area (Å²) in [7, 11) is -3.82. The van der Waals surface area contributed by atoms with Gasteiger partial charge in [-0.05, 0) is 37.3 Å². The van der Waals surface area contributed by atoms with Gasteiger partial charge in [-0.1, -0.05) is 15.9 Å². The molecule has 0 spiro atoms. The normalized spacial score (nSPS) is 14.3. The number of ether oxygens (including phenoxy) is 2. The first kappa shape index (κ1) is 20.4. The van der Waals surface area contributed by atoms with Crippen LogP contribution in [0.1, 0.15) is 6.92 Å². The Morgan fingerprint density at radius 2 is 1.86 bits per heavy atom. The summed E-state index contributed by atoms with van der Waals surface area (Å²) in [6, 6.07) is 7.63. The molecule has 1 aliphatic rings. The van der Waals surface area contributed by atoms with Crippen molar-refractivity contribution in [1.29, 1.82) is 0 Å². The molecule has 1 N–H and O–H groups in total. The first-order valence-electron chi connectivity index (χ1n) is 8.32. The molecule has 0 unspecified atom stereocenters. The first-order valence-corrected chi connectivity index (χ1v) is 11.0. The van der Waals surface area contributed by atoms with Gasteiger partial charge in [0.25, 0.3) is 0 Å². The summed E-state index contributed by atoms with van der Waals surface area (Å²) in [6.07, 6.45) is 0.994. The number of hydrogen-bond acceptors (Lipinski definition) is 5. The molecule has 28 heavy (non-hydrogen) atoms. The lowest BCUT2D eigenvalue weighted by Crippen LogP contribution is -2.45. The molecule has 1 amide bonds. The van der Waals surface area contributed by atoms with Crippen LogP contribution in [-0.2, 0) is 14.8 Å². The highest BCUT2D eigenvalue weighted by Gasteiger charge is 2.30. The van der Waals surface area contributed by atoms with Crippen LogP contribution in [0.15, 0.2) is 40.9 Å². The lowest BCUT2D eigenvalue weighted by Gasteiger charge is -2.29. The van der Waals surface area contributed by atoms with Gasteiger partial charge in [0.2, 0.25) is 15.9 Å². The van der Waals surface area contributed by atoms with Crippen molar-refractivity contribution < 1.29 is 27.1 Å². The minimum Gasteiger partial charge on any atom is -0.486 e. The molecule has 0 saturated carbocycles. The van der Waals surface area contributed by atoms with E-state index in [1.54, 1.807) is 12.1 Å². The molecule has 1 heterocycles. The summed E-state index contributed by atoms with van der Waals surface area (Å²) in [6.45, 7) is 2.16. The number of nitrogens with one attached hydrogen (secondary N) is 1. The Hall–Kier alpha value is -2.33. The molecule has 0 aliphatic carbocycles. The fourth-order valence-corrected chi connectivity index (χ4v) is 4.31. The molecule has 150 valence electrons. The van der Waals surface area contributed by atoms with E-state index in [0.29, 0.717) is 29.2 Å². The molecule has 0 aromatic heterocycles. The van der Waals surface area contributed by atoms with Crippen molar-refractivity contribution in [2.45, 2.75) is 13.0 Å². The van der Waals surface area contributed by atoms with E-state index in [1.165, 1.54) is 31.2 Å². The number of benzene rings is 2. The predicted octanol–water partition coefficient (Wildman–Crippen LogP) is 3.15. The summed E-state index contributed by atoms with van der Waals surface area (Å²) in [5.41, 5.74) is 0.196. The van der Waals surface area contributed by atoms with Gasteiger partial charge in [-0.2, -0.15) is 0 Å². The van der Waals surface area contributed by atoms with Crippen molar-refractivity contribution in [3.63, 3.8) is 0 Å². The zero-order valence-corrected chi connectivity index (χ0v) is 17.5. The zero-order valence-electron chi connectivity index (χ0n) is 15.1. The maximum absolute atomic E-state index is 14.0. The molecular formula is C18H18BrFN2O5S. The van der Waals surface area contributed by atoms with Crippen molar-refractivity contribution in [3.8, 4) is 11.5 Å². The number of sulfonamides is 1. The van der Waals surface area contributed by atoms with Crippen molar-refractivity contribution >= 4 is 43.2 Å². The average Bonchev–Trinajstić information content (AvgIpc) is 2.62. The number of fused-ring (bicyclic) bond motifs is 1. The highest BCUT2D eigenvalue weighted by atomic mass is 79.9. The SMILES string of the molecule is C[C@@H](C(=O)Nc1ccc(Br)cc1F)N(c1ccc2c(c1)OCCO2)S(C)(=O)=O. The number of anilines is 2. The summed E-state index contributed by atoms with van der Waals surface area (Å²) in [4.78, 5) is 12.6. The quantitative estimate of drug-likeness (QED) is 0.722. The number of hydrogen-bond donors (Lipinski definition) is 1. The Bertz CT molecular complexity index is 1020. The number of carbonyl (C=O) groups is 1. The summed E-state index contributed by atoms with van der Waals surface area (Å²) in [5, 5.41) is 2.43.